The van der Waals surface area contributed by atoms with Crippen molar-refractivity contribution in [1.29, 1.82) is 0 Å². The van der Waals surface area contributed by atoms with Gasteiger partial charge in [-0.15, -0.1) is 0 Å². The highest BCUT2D eigenvalue weighted by molar-refractivity contribution is 5.83. The number of para-hydroxylation sites is 1. The van der Waals surface area contributed by atoms with Crippen LogP contribution in [0.15, 0.2) is 30.5 Å². The van der Waals surface area contributed by atoms with Gasteiger partial charge in [0.15, 0.2) is 0 Å². The van der Waals surface area contributed by atoms with Crippen molar-refractivity contribution < 1.29 is 4.79 Å². The Morgan fingerprint density at radius 3 is 2.86 bits per heavy atom. The average molecular weight is 300 g/mol. The van der Waals surface area contributed by atoms with Crippen molar-refractivity contribution in [1.82, 2.24) is 15.2 Å². The molecule has 1 amide bonds. The van der Waals surface area contributed by atoms with E-state index in [9.17, 15) is 4.79 Å². The predicted molar refractivity (Wildman–Crippen MR) is 88.7 cm³/mol. The number of aromatic nitrogens is 1. The number of aromatic amines is 1. The second-order valence-corrected chi connectivity index (χ2v) is 6.00. The molecule has 0 spiro atoms. The van der Waals surface area contributed by atoms with Gasteiger partial charge in [0.05, 0.1) is 6.54 Å². The minimum Gasteiger partial charge on any atom is -0.361 e. The van der Waals surface area contributed by atoms with Crippen LogP contribution < -0.4 is 11.1 Å². The van der Waals surface area contributed by atoms with Crippen LogP contribution in [0.25, 0.3) is 10.9 Å². The van der Waals surface area contributed by atoms with Crippen LogP contribution in [0.4, 0.5) is 0 Å². The van der Waals surface area contributed by atoms with Gasteiger partial charge in [-0.1, -0.05) is 18.2 Å². The maximum atomic E-state index is 11.3. The van der Waals surface area contributed by atoms with E-state index in [0.29, 0.717) is 6.04 Å². The number of hydrogen-bond donors (Lipinski definition) is 3. The van der Waals surface area contributed by atoms with E-state index in [2.05, 4.69) is 45.7 Å². The zero-order valence-electron chi connectivity index (χ0n) is 12.8. The van der Waals surface area contributed by atoms with Gasteiger partial charge in [-0.2, -0.15) is 0 Å². The second kappa shape index (κ2) is 6.94. The molecule has 1 fully saturated rings. The molecule has 2 heterocycles. The van der Waals surface area contributed by atoms with Crippen molar-refractivity contribution >= 4 is 16.8 Å². The summed E-state index contributed by atoms with van der Waals surface area (Å²) in [7, 11) is 0. The number of amides is 1. The Labute approximate surface area is 130 Å². The summed E-state index contributed by atoms with van der Waals surface area (Å²) in [5.41, 5.74) is 7.93. The number of fused-ring (bicyclic) bond motifs is 1. The zero-order valence-corrected chi connectivity index (χ0v) is 12.8. The van der Waals surface area contributed by atoms with E-state index in [-0.39, 0.29) is 12.5 Å². The molecule has 118 valence electrons. The summed E-state index contributed by atoms with van der Waals surface area (Å²) < 4.78 is 0. The highest BCUT2D eigenvalue weighted by atomic mass is 16.1. The van der Waals surface area contributed by atoms with Gasteiger partial charge in [0.1, 0.15) is 0 Å². The number of H-pyrrole nitrogens is 1. The molecule has 3 rings (SSSR count). The van der Waals surface area contributed by atoms with E-state index >= 15 is 0 Å². The van der Waals surface area contributed by atoms with Crippen molar-refractivity contribution in [3.05, 3.63) is 36.0 Å². The molecule has 1 aromatic carbocycles. The van der Waals surface area contributed by atoms with Gasteiger partial charge in [-0.05, 0) is 30.9 Å². The number of benzene rings is 1. The Morgan fingerprint density at radius 2 is 2.09 bits per heavy atom. The molecule has 1 aromatic heterocycles. The summed E-state index contributed by atoms with van der Waals surface area (Å²) in [6.45, 7) is 3.23. The predicted octanol–water partition coefficient (Wildman–Crippen LogP) is 1.25. The molecule has 4 N–H and O–H groups in total. The maximum absolute atomic E-state index is 11.3. The van der Waals surface area contributed by atoms with Gasteiger partial charge in [-0.3, -0.25) is 4.79 Å². The van der Waals surface area contributed by atoms with Gasteiger partial charge in [0.2, 0.25) is 5.91 Å². The summed E-state index contributed by atoms with van der Waals surface area (Å²) >= 11 is 0. The molecule has 0 unspecified atom stereocenters. The van der Waals surface area contributed by atoms with Crippen molar-refractivity contribution in [2.45, 2.75) is 25.3 Å². The number of rotatable bonds is 5. The van der Waals surface area contributed by atoms with Crippen LogP contribution >= 0.6 is 0 Å². The summed E-state index contributed by atoms with van der Waals surface area (Å²) in [5.74, 6) is -0.0442. The number of carbonyl (C=O) groups excluding carboxylic acids is 1. The first kappa shape index (κ1) is 15.1. The average Bonchev–Trinajstić information content (AvgIpc) is 2.97. The normalized spacial score (nSPS) is 17.0. The molecule has 1 saturated heterocycles. The first-order valence-electron chi connectivity index (χ1n) is 8.03. The third-order valence-corrected chi connectivity index (χ3v) is 4.51. The van der Waals surface area contributed by atoms with Gasteiger partial charge >= 0.3 is 0 Å². The Bertz CT molecular complexity index is 628. The lowest BCUT2D eigenvalue weighted by Crippen LogP contribution is -2.46. The summed E-state index contributed by atoms with van der Waals surface area (Å²) in [6.07, 6.45) is 5.21. The van der Waals surface area contributed by atoms with Crippen molar-refractivity contribution in [2.24, 2.45) is 5.73 Å². The molecule has 5 heteroatoms. The first-order chi connectivity index (χ1) is 10.8. The lowest BCUT2D eigenvalue weighted by atomic mass is 10.0. The van der Waals surface area contributed by atoms with Gasteiger partial charge in [-0.25, -0.2) is 0 Å². The molecule has 1 aliphatic heterocycles. The molecule has 0 aliphatic carbocycles. The largest absolute Gasteiger partial charge is 0.361 e. The molecule has 0 atom stereocenters. The SMILES string of the molecule is NCC(=O)NC1CCN(CCc2c[nH]c3ccccc23)CC1. The van der Waals surface area contributed by atoms with Crippen LogP contribution in [-0.2, 0) is 11.2 Å². The maximum Gasteiger partial charge on any atom is 0.233 e. The molecule has 0 bridgehead atoms. The van der Waals surface area contributed by atoms with E-state index in [1.807, 2.05) is 0 Å². The highest BCUT2D eigenvalue weighted by Crippen LogP contribution is 2.19. The minimum atomic E-state index is -0.0442. The van der Waals surface area contributed by atoms with E-state index < -0.39 is 0 Å². The first-order valence-corrected chi connectivity index (χ1v) is 8.03. The van der Waals surface area contributed by atoms with E-state index in [4.69, 9.17) is 5.73 Å². The zero-order chi connectivity index (χ0) is 15.4. The standard InChI is InChI=1S/C17H24N4O/c18-11-17(22)20-14-6-9-21(10-7-14)8-5-13-12-19-16-4-2-1-3-15(13)16/h1-4,12,14,19H,5-11,18H2,(H,20,22). The van der Waals surface area contributed by atoms with Crippen LogP contribution in [0.5, 0.6) is 0 Å². The van der Waals surface area contributed by atoms with Crippen molar-refractivity contribution in [3.8, 4) is 0 Å². The Balaban J connectivity index is 1.48. The lowest BCUT2D eigenvalue weighted by molar-refractivity contribution is -0.120. The Hall–Kier alpha value is -1.85. The minimum absolute atomic E-state index is 0.0442. The number of nitrogens with one attached hydrogen (secondary N) is 2. The summed E-state index contributed by atoms with van der Waals surface area (Å²) in [5, 5.41) is 4.31. The molecule has 0 saturated carbocycles. The fourth-order valence-electron chi connectivity index (χ4n) is 3.20. The molecular formula is C17H24N4O. The topological polar surface area (TPSA) is 74.2 Å². The Kier molecular flexibility index (Phi) is 4.75. The molecule has 2 aromatic rings. The molecule has 5 nitrogen and oxygen atoms in total. The van der Waals surface area contributed by atoms with Crippen LogP contribution in [0.2, 0.25) is 0 Å². The van der Waals surface area contributed by atoms with Gasteiger partial charge in [0.25, 0.3) is 0 Å². The van der Waals surface area contributed by atoms with Gasteiger partial charge < -0.3 is 20.9 Å². The number of hydrogen-bond acceptors (Lipinski definition) is 3. The quantitative estimate of drug-likeness (QED) is 0.778. The molecule has 0 radical (unpaired) electrons. The smallest absolute Gasteiger partial charge is 0.233 e. The summed E-state index contributed by atoms with van der Waals surface area (Å²) in [6, 6.07) is 8.73. The third kappa shape index (κ3) is 3.48. The number of carbonyl (C=O) groups is 1. The van der Waals surface area contributed by atoms with Crippen LogP contribution in [-0.4, -0.2) is 48.0 Å². The van der Waals surface area contributed by atoms with E-state index in [1.165, 1.54) is 16.5 Å². The lowest BCUT2D eigenvalue weighted by Gasteiger charge is -2.32. The fourth-order valence-corrected chi connectivity index (χ4v) is 3.20. The number of nitrogens with zero attached hydrogens (tertiary/aromatic N) is 1. The van der Waals surface area contributed by atoms with E-state index in [1.54, 1.807) is 0 Å². The van der Waals surface area contributed by atoms with E-state index in [0.717, 1.165) is 38.9 Å². The second-order valence-electron chi connectivity index (χ2n) is 6.00. The van der Waals surface area contributed by atoms with Crippen molar-refractivity contribution in [2.75, 3.05) is 26.2 Å². The Morgan fingerprint density at radius 1 is 1.32 bits per heavy atom. The van der Waals surface area contributed by atoms with Crippen LogP contribution in [0.1, 0.15) is 18.4 Å². The molecule has 22 heavy (non-hydrogen) atoms. The van der Waals surface area contributed by atoms with Crippen molar-refractivity contribution in [3.63, 3.8) is 0 Å². The molecular weight excluding hydrogens is 276 g/mol. The summed E-state index contributed by atoms with van der Waals surface area (Å²) in [4.78, 5) is 17.1. The number of nitrogens with two attached hydrogens (primary N) is 1. The monoisotopic (exact) mass is 300 g/mol. The highest BCUT2D eigenvalue weighted by Gasteiger charge is 2.20. The van der Waals surface area contributed by atoms with Crippen LogP contribution in [0.3, 0.4) is 0 Å². The number of likely N-dealkylation sites (tertiary alicyclic amines) is 1. The third-order valence-electron chi connectivity index (χ3n) is 4.51. The van der Waals surface area contributed by atoms with Gasteiger partial charge in [0, 0.05) is 42.8 Å². The van der Waals surface area contributed by atoms with Crippen LogP contribution in [0, 0.1) is 0 Å². The fraction of sp³-hybridized carbons (Fsp3) is 0.471. The molecule has 1 aliphatic rings. The number of piperidine rings is 1.